The Morgan fingerprint density at radius 1 is 1.00 bits per heavy atom. The molecule has 1 fully saturated rings. The summed E-state index contributed by atoms with van der Waals surface area (Å²) in [5.41, 5.74) is 1.81. The van der Waals surface area contributed by atoms with Gasteiger partial charge in [-0.3, -0.25) is 14.6 Å². The normalized spacial score (nSPS) is 17.2. The second kappa shape index (κ2) is 8.59. The fourth-order valence-corrected chi connectivity index (χ4v) is 4.82. The van der Waals surface area contributed by atoms with Crippen molar-refractivity contribution in [1.82, 2.24) is 14.8 Å². The Morgan fingerprint density at radius 2 is 1.77 bits per heavy atom. The Kier molecular flexibility index (Phi) is 5.52. The van der Waals surface area contributed by atoms with Crippen LogP contribution in [0.3, 0.4) is 0 Å². The van der Waals surface area contributed by atoms with Crippen molar-refractivity contribution in [2.45, 2.75) is 6.54 Å². The first kappa shape index (κ1) is 19.3. The molecule has 1 aromatic heterocycles. The minimum absolute atomic E-state index is 0.00805. The number of nitrogens with zero attached hydrogens (tertiary/aromatic N) is 3. The monoisotopic (exact) mass is 424 g/mol. The lowest BCUT2D eigenvalue weighted by molar-refractivity contribution is -0.117. The summed E-state index contributed by atoms with van der Waals surface area (Å²) in [4.78, 5) is 21.8. The Hall–Kier alpha value is -2.68. The maximum atomic E-state index is 12.5. The minimum Gasteiger partial charge on any atom is -0.486 e. The molecular weight excluding hydrogens is 400 g/mol. The maximum absolute atomic E-state index is 12.5. The summed E-state index contributed by atoms with van der Waals surface area (Å²) in [6.45, 7) is 5.98. The van der Waals surface area contributed by atoms with Gasteiger partial charge in [0.05, 0.1) is 23.3 Å². The summed E-state index contributed by atoms with van der Waals surface area (Å²) in [6.07, 6.45) is 0. The molecule has 5 rings (SSSR count). The number of anilines is 1. The molecule has 1 amide bonds. The highest BCUT2D eigenvalue weighted by Gasteiger charge is 2.20. The highest BCUT2D eigenvalue weighted by atomic mass is 32.1. The molecule has 3 aromatic rings. The summed E-state index contributed by atoms with van der Waals surface area (Å²) in [5, 5.41) is 4.12. The highest BCUT2D eigenvalue weighted by Crippen LogP contribution is 2.32. The number of rotatable bonds is 5. The van der Waals surface area contributed by atoms with Crippen molar-refractivity contribution in [3.63, 3.8) is 0 Å². The van der Waals surface area contributed by atoms with E-state index < -0.39 is 0 Å². The van der Waals surface area contributed by atoms with Crippen LogP contribution in [0.2, 0.25) is 0 Å². The van der Waals surface area contributed by atoms with Crippen LogP contribution in [0, 0.1) is 0 Å². The largest absolute Gasteiger partial charge is 0.486 e. The zero-order chi connectivity index (χ0) is 20.3. The number of carbonyl (C=O) groups excluding carboxylic acids is 1. The van der Waals surface area contributed by atoms with E-state index >= 15 is 0 Å². The van der Waals surface area contributed by atoms with Crippen molar-refractivity contribution in [2.24, 2.45) is 0 Å². The van der Waals surface area contributed by atoms with Gasteiger partial charge in [-0.05, 0) is 24.3 Å². The van der Waals surface area contributed by atoms with Crippen LogP contribution in [-0.2, 0) is 11.3 Å². The standard InChI is InChI=1S/C22H24N4O3S/c27-21(23-16-5-6-18-19(13-16)29-12-11-28-18)14-25-7-9-26(10-8-25)15-22-24-17-3-1-2-4-20(17)30-22/h1-6,13H,7-12,14-15H2,(H,23,27). The van der Waals surface area contributed by atoms with Crippen LogP contribution in [0.25, 0.3) is 10.2 Å². The van der Waals surface area contributed by atoms with Gasteiger partial charge in [0.1, 0.15) is 18.2 Å². The van der Waals surface area contributed by atoms with Gasteiger partial charge in [-0.2, -0.15) is 0 Å². The third-order valence-electron chi connectivity index (χ3n) is 5.36. The molecule has 1 saturated heterocycles. The van der Waals surface area contributed by atoms with E-state index in [4.69, 9.17) is 14.5 Å². The molecule has 2 aliphatic heterocycles. The topological polar surface area (TPSA) is 66.9 Å². The van der Waals surface area contributed by atoms with Gasteiger partial charge in [-0.25, -0.2) is 4.98 Å². The Labute approximate surface area is 179 Å². The molecule has 0 spiro atoms. The molecule has 30 heavy (non-hydrogen) atoms. The molecular formula is C22H24N4O3S. The molecule has 0 saturated carbocycles. The molecule has 8 heteroatoms. The van der Waals surface area contributed by atoms with Gasteiger partial charge in [0.15, 0.2) is 11.5 Å². The van der Waals surface area contributed by atoms with Gasteiger partial charge in [-0.1, -0.05) is 12.1 Å². The van der Waals surface area contributed by atoms with Gasteiger partial charge in [0.2, 0.25) is 5.91 Å². The van der Waals surface area contributed by atoms with Gasteiger partial charge in [-0.15, -0.1) is 11.3 Å². The first-order valence-corrected chi connectivity index (χ1v) is 11.0. The number of hydrogen-bond acceptors (Lipinski definition) is 7. The van der Waals surface area contributed by atoms with Gasteiger partial charge in [0, 0.05) is 37.9 Å². The molecule has 2 aromatic carbocycles. The second-order valence-electron chi connectivity index (χ2n) is 7.53. The number of ether oxygens (including phenoxy) is 2. The van der Waals surface area contributed by atoms with Crippen LogP contribution in [-0.4, -0.2) is 66.6 Å². The molecule has 0 unspecified atom stereocenters. The maximum Gasteiger partial charge on any atom is 0.238 e. The first-order valence-electron chi connectivity index (χ1n) is 10.2. The molecule has 3 heterocycles. The SMILES string of the molecule is O=C(CN1CCN(Cc2nc3ccccc3s2)CC1)Nc1ccc2c(c1)OCCO2. The van der Waals surface area contributed by atoms with E-state index in [1.165, 1.54) is 4.70 Å². The molecule has 1 N–H and O–H groups in total. The molecule has 0 atom stereocenters. The molecule has 7 nitrogen and oxygen atoms in total. The minimum atomic E-state index is -0.00805. The second-order valence-corrected chi connectivity index (χ2v) is 8.65. The van der Waals surface area contributed by atoms with Crippen molar-refractivity contribution in [1.29, 1.82) is 0 Å². The molecule has 0 aliphatic carbocycles. The van der Waals surface area contributed by atoms with E-state index in [2.05, 4.69) is 33.3 Å². The average molecular weight is 425 g/mol. The van der Waals surface area contributed by atoms with Crippen molar-refractivity contribution in [3.05, 3.63) is 47.5 Å². The van der Waals surface area contributed by atoms with E-state index in [9.17, 15) is 4.79 Å². The fourth-order valence-electron chi connectivity index (χ4n) is 3.81. The van der Waals surface area contributed by atoms with Crippen LogP contribution < -0.4 is 14.8 Å². The number of nitrogens with one attached hydrogen (secondary N) is 1. The fraction of sp³-hybridized carbons (Fsp3) is 0.364. The summed E-state index contributed by atoms with van der Waals surface area (Å²) < 4.78 is 12.3. The quantitative estimate of drug-likeness (QED) is 0.680. The Bertz CT molecular complexity index is 1010. The third kappa shape index (κ3) is 4.40. The third-order valence-corrected chi connectivity index (χ3v) is 6.38. The number of thiazole rings is 1. The summed E-state index contributed by atoms with van der Waals surface area (Å²) in [5.74, 6) is 1.40. The first-order chi connectivity index (χ1) is 14.7. The van der Waals surface area contributed by atoms with E-state index in [1.54, 1.807) is 11.3 Å². The van der Waals surface area contributed by atoms with Crippen molar-refractivity contribution >= 4 is 33.1 Å². The van der Waals surface area contributed by atoms with Crippen molar-refractivity contribution in [3.8, 4) is 11.5 Å². The molecule has 2 aliphatic rings. The van der Waals surface area contributed by atoms with Crippen LogP contribution in [0.5, 0.6) is 11.5 Å². The number of piperazine rings is 1. The average Bonchev–Trinajstić information content (AvgIpc) is 3.17. The number of fused-ring (bicyclic) bond motifs is 2. The molecule has 0 bridgehead atoms. The number of benzene rings is 2. The van der Waals surface area contributed by atoms with Crippen molar-refractivity contribution in [2.75, 3.05) is 51.3 Å². The zero-order valence-electron chi connectivity index (χ0n) is 16.7. The van der Waals surface area contributed by atoms with Crippen molar-refractivity contribution < 1.29 is 14.3 Å². The highest BCUT2D eigenvalue weighted by molar-refractivity contribution is 7.18. The van der Waals surface area contributed by atoms with Gasteiger partial charge < -0.3 is 14.8 Å². The number of aromatic nitrogens is 1. The number of amides is 1. The zero-order valence-corrected chi connectivity index (χ0v) is 17.5. The van der Waals surface area contributed by atoms with Crippen LogP contribution in [0.1, 0.15) is 5.01 Å². The molecule has 156 valence electrons. The van der Waals surface area contributed by atoms with E-state index in [0.29, 0.717) is 25.5 Å². The number of para-hydroxylation sites is 1. The Morgan fingerprint density at radius 3 is 2.60 bits per heavy atom. The predicted molar refractivity (Wildman–Crippen MR) is 117 cm³/mol. The molecule has 0 radical (unpaired) electrons. The number of carbonyl (C=O) groups is 1. The van der Waals surface area contributed by atoms with Gasteiger partial charge >= 0.3 is 0 Å². The Balaban J connectivity index is 1.10. The smallest absolute Gasteiger partial charge is 0.238 e. The summed E-state index contributed by atoms with van der Waals surface area (Å²) >= 11 is 1.76. The van der Waals surface area contributed by atoms with Crippen LogP contribution in [0.4, 0.5) is 5.69 Å². The van der Waals surface area contributed by atoms with E-state index in [0.717, 1.165) is 54.7 Å². The lowest BCUT2D eigenvalue weighted by atomic mass is 10.2. The van der Waals surface area contributed by atoms with Gasteiger partial charge in [0.25, 0.3) is 0 Å². The summed E-state index contributed by atoms with van der Waals surface area (Å²) in [7, 11) is 0. The summed E-state index contributed by atoms with van der Waals surface area (Å²) in [6, 6.07) is 13.8. The lowest BCUT2D eigenvalue weighted by Crippen LogP contribution is -2.48. The van der Waals surface area contributed by atoms with E-state index in [-0.39, 0.29) is 5.91 Å². The van der Waals surface area contributed by atoms with E-state index in [1.807, 2.05) is 24.3 Å². The van der Waals surface area contributed by atoms with Crippen LogP contribution in [0.15, 0.2) is 42.5 Å². The number of hydrogen-bond donors (Lipinski definition) is 1. The predicted octanol–water partition coefficient (Wildman–Crippen LogP) is 2.82. The van der Waals surface area contributed by atoms with Crippen LogP contribution >= 0.6 is 11.3 Å². The lowest BCUT2D eigenvalue weighted by Gasteiger charge is -2.33.